The number of carbonyl (C=O) groups excluding carboxylic acids is 1. The van der Waals surface area contributed by atoms with Gasteiger partial charge in [-0.1, -0.05) is 0 Å². The zero-order valence-electron chi connectivity index (χ0n) is 11.5. The lowest BCUT2D eigenvalue weighted by Gasteiger charge is -2.26. The first-order chi connectivity index (χ1) is 9.65. The Balaban J connectivity index is 1.63. The van der Waals surface area contributed by atoms with Gasteiger partial charge in [0, 0.05) is 18.2 Å². The van der Waals surface area contributed by atoms with E-state index in [0.717, 1.165) is 25.7 Å². The minimum absolute atomic E-state index is 0.153. The second kappa shape index (κ2) is 7.26. The van der Waals surface area contributed by atoms with Crippen LogP contribution < -0.4 is 11.1 Å². The molecular weight excluding hydrogens is 256 g/mol. The van der Waals surface area contributed by atoms with Gasteiger partial charge >= 0.3 is 0 Å². The molecule has 20 heavy (non-hydrogen) atoms. The Morgan fingerprint density at radius 1 is 1.25 bits per heavy atom. The normalized spacial score (nSPS) is 22.4. The van der Waals surface area contributed by atoms with E-state index in [1.807, 2.05) is 0 Å². The first-order valence-corrected chi connectivity index (χ1v) is 7.09. The molecule has 0 atom stereocenters. The summed E-state index contributed by atoms with van der Waals surface area (Å²) in [5.74, 6) is -0.000318. The Kier molecular flexibility index (Phi) is 5.38. The van der Waals surface area contributed by atoms with E-state index in [1.54, 1.807) is 12.1 Å². The quantitative estimate of drug-likeness (QED) is 0.711. The van der Waals surface area contributed by atoms with Gasteiger partial charge in [-0.3, -0.25) is 4.79 Å². The molecule has 5 heteroatoms. The average Bonchev–Trinajstić information content (AvgIpc) is 2.46. The van der Waals surface area contributed by atoms with Crippen molar-refractivity contribution < 1.29 is 14.6 Å². The molecule has 0 aliphatic heterocycles. The molecule has 2 rings (SSSR count). The number of nitrogens with two attached hydrogens (primary N) is 1. The van der Waals surface area contributed by atoms with Crippen LogP contribution in [0.1, 0.15) is 36.0 Å². The van der Waals surface area contributed by atoms with Crippen molar-refractivity contribution in [2.24, 2.45) is 5.73 Å². The highest BCUT2D eigenvalue weighted by Gasteiger charge is 2.18. The summed E-state index contributed by atoms with van der Waals surface area (Å²) in [4.78, 5) is 11.8. The monoisotopic (exact) mass is 278 g/mol. The van der Waals surface area contributed by atoms with Gasteiger partial charge in [-0.15, -0.1) is 0 Å². The SMILES string of the molecule is NC1CCC(OCCNC(=O)c2ccc(O)cc2)CC1. The van der Waals surface area contributed by atoms with Crippen molar-refractivity contribution in [1.29, 1.82) is 0 Å². The van der Waals surface area contributed by atoms with Gasteiger partial charge in [0.25, 0.3) is 5.91 Å². The summed E-state index contributed by atoms with van der Waals surface area (Å²) in [6.07, 6.45) is 4.33. The molecule has 1 amide bonds. The van der Waals surface area contributed by atoms with E-state index in [0.29, 0.717) is 24.8 Å². The van der Waals surface area contributed by atoms with Crippen LogP contribution in [0.2, 0.25) is 0 Å². The first kappa shape index (κ1) is 14.8. The van der Waals surface area contributed by atoms with Crippen LogP contribution in [0.5, 0.6) is 5.75 Å². The van der Waals surface area contributed by atoms with Crippen LogP contribution in [0.3, 0.4) is 0 Å². The van der Waals surface area contributed by atoms with E-state index in [9.17, 15) is 4.79 Å². The standard InChI is InChI=1S/C15H22N2O3/c16-12-3-7-14(8-4-12)20-10-9-17-15(19)11-1-5-13(18)6-2-11/h1-2,5-6,12,14,18H,3-4,7-10,16H2,(H,17,19). The van der Waals surface area contributed by atoms with Crippen molar-refractivity contribution in [3.8, 4) is 5.75 Å². The molecule has 0 unspecified atom stereocenters. The van der Waals surface area contributed by atoms with Crippen LogP contribution in [0, 0.1) is 0 Å². The molecule has 0 spiro atoms. The molecule has 1 aliphatic carbocycles. The Morgan fingerprint density at radius 3 is 2.55 bits per heavy atom. The van der Waals surface area contributed by atoms with Crippen LogP contribution in [0.15, 0.2) is 24.3 Å². The van der Waals surface area contributed by atoms with Gasteiger partial charge in [0.2, 0.25) is 0 Å². The maximum Gasteiger partial charge on any atom is 0.251 e. The lowest BCUT2D eigenvalue weighted by atomic mass is 9.94. The highest BCUT2D eigenvalue weighted by molar-refractivity contribution is 5.94. The fourth-order valence-electron chi connectivity index (χ4n) is 2.36. The topological polar surface area (TPSA) is 84.6 Å². The highest BCUT2D eigenvalue weighted by Crippen LogP contribution is 2.19. The molecule has 1 saturated carbocycles. The van der Waals surface area contributed by atoms with E-state index >= 15 is 0 Å². The molecule has 0 heterocycles. The molecule has 1 fully saturated rings. The second-order valence-corrected chi connectivity index (χ2v) is 5.21. The molecule has 0 aromatic heterocycles. The van der Waals surface area contributed by atoms with Gasteiger partial charge in [-0.25, -0.2) is 0 Å². The van der Waals surface area contributed by atoms with E-state index in [-0.39, 0.29) is 17.8 Å². The molecule has 5 nitrogen and oxygen atoms in total. The molecule has 0 saturated heterocycles. The Labute approximate surface area is 119 Å². The van der Waals surface area contributed by atoms with Crippen LogP contribution in [-0.4, -0.2) is 36.3 Å². The highest BCUT2D eigenvalue weighted by atomic mass is 16.5. The number of hydrogen-bond acceptors (Lipinski definition) is 4. The minimum atomic E-state index is -0.153. The third-order valence-electron chi connectivity index (χ3n) is 3.59. The number of ether oxygens (including phenoxy) is 1. The fraction of sp³-hybridized carbons (Fsp3) is 0.533. The first-order valence-electron chi connectivity index (χ1n) is 7.09. The number of rotatable bonds is 5. The summed E-state index contributed by atoms with van der Waals surface area (Å²) >= 11 is 0. The molecule has 110 valence electrons. The largest absolute Gasteiger partial charge is 0.508 e. The zero-order chi connectivity index (χ0) is 14.4. The lowest BCUT2D eigenvalue weighted by Crippen LogP contribution is -2.33. The Bertz CT molecular complexity index is 425. The predicted molar refractivity (Wildman–Crippen MR) is 76.6 cm³/mol. The molecule has 1 aromatic rings. The van der Waals surface area contributed by atoms with Crippen molar-refractivity contribution in [3.05, 3.63) is 29.8 Å². The number of aromatic hydroxyl groups is 1. The third kappa shape index (κ3) is 4.51. The van der Waals surface area contributed by atoms with Crippen molar-refractivity contribution in [1.82, 2.24) is 5.32 Å². The van der Waals surface area contributed by atoms with Crippen LogP contribution in [0.25, 0.3) is 0 Å². The number of benzene rings is 1. The van der Waals surface area contributed by atoms with E-state index in [4.69, 9.17) is 15.6 Å². The third-order valence-corrected chi connectivity index (χ3v) is 3.59. The van der Waals surface area contributed by atoms with E-state index in [2.05, 4.69) is 5.32 Å². The number of hydrogen-bond donors (Lipinski definition) is 3. The minimum Gasteiger partial charge on any atom is -0.508 e. The summed E-state index contributed by atoms with van der Waals surface area (Å²) in [5, 5.41) is 12.0. The molecule has 0 radical (unpaired) electrons. The van der Waals surface area contributed by atoms with Crippen LogP contribution in [-0.2, 0) is 4.74 Å². The van der Waals surface area contributed by atoms with Crippen molar-refractivity contribution in [2.75, 3.05) is 13.2 Å². The summed E-state index contributed by atoms with van der Waals surface area (Å²) in [6.45, 7) is 1.01. The summed E-state index contributed by atoms with van der Waals surface area (Å²) in [5.41, 5.74) is 6.37. The number of phenolic OH excluding ortho intramolecular Hbond substituents is 1. The Hall–Kier alpha value is -1.59. The second-order valence-electron chi connectivity index (χ2n) is 5.21. The Morgan fingerprint density at radius 2 is 1.90 bits per heavy atom. The molecule has 1 aliphatic rings. The van der Waals surface area contributed by atoms with Gasteiger partial charge in [0.15, 0.2) is 0 Å². The van der Waals surface area contributed by atoms with Gasteiger partial charge in [-0.2, -0.15) is 0 Å². The molecule has 1 aromatic carbocycles. The molecular formula is C15H22N2O3. The van der Waals surface area contributed by atoms with Gasteiger partial charge in [-0.05, 0) is 49.9 Å². The maximum atomic E-state index is 11.8. The summed E-state index contributed by atoms with van der Waals surface area (Å²) in [7, 11) is 0. The number of carbonyl (C=O) groups is 1. The van der Waals surface area contributed by atoms with E-state index < -0.39 is 0 Å². The van der Waals surface area contributed by atoms with Gasteiger partial charge in [0.1, 0.15) is 5.75 Å². The van der Waals surface area contributed by atoms with Gasteiger partial charge in [0.05, 0.1) is 12.7 Å². The number of nitrogens with one attached hydrogen (secondary N) is 1. The summed E-state index contributed by atoms with van der Waals surface area (Å²) in [6, 6.07) is 6.50. The molecule has 4 N–H and O–H groups in total. The average molecular weight is 278 g/mol. The van der Waals surface area contributed by atoms with E-state index in [1.165, 1.54) is 12.1 Å². The van der Waals surface area contributed by atoms with Crippen LogP contribution >= 0.6 is 0 Å². The zero-order valence-corrected chi connectivity index (χ0v) is 11.5. The van der Waals surface area contributed by atoms with Gasteiger partial charge < -0.3 is 20.9 Å². The predicted octanol–water partition coefficient (Wildman–Crippen LogP) is 1.41. The van der Waals surface area contributed by atoms with Crippen LogP contribution in [0.4, 0.5) is 0 Å². The summed E-state index contributed by atoms with van der Waals surface area (Å²) < 4.78 is 5.73. The molecule has 0 bridgehead atoms. The fourth-order valence-corrected chi connectivity index (χ4v) is 2.36. The smallest absolute Gasteiger partial charge is 0.251 e. The maximum absolute atomic E-state index is 11.8. The lowest BCUT2D eigenvalue weighted by molar-refractivity contribution is 0.0267. The number of amides is 1. The number of phenols is 1. The van der Waals surface area contributed by atoms with Crippen molar-refractivity contribution in [3.63, 3.8) is 0 Å². The van der Waals surface area contributed by atoms with Crippen molar-refractivity contribution in [2.45, 2.75) is 37.8 Å². The van der Waals surface area contributed by atoms with Crippen molar-refractivity contribution >= 4 is 5.91 Å².